The van der Waals surface area contributed by atoms with E-state index >= 15 is 0 Å². The number of fused-ring (bicyclic) bond motifs is 1. The molecule has 0 saturated heterocycles. The molecule has 2 aromatic heterocycles. The summed E-state index contributed by atoms with van der Waals surface area (Å²) in [6.45, 7) is -0.122. The Morgan fingerprint density at radius 2 is 1.96 bits per heavy atom. The molecule has 5 nitrogen and oxygen atoms in total. The van der Waals surface area contributed by atoms with Crippen molar-refractivity contribution in [3.8, 4) is 0 Å². The minimum atomic E-state index is -0.296. The van der Waals surface area contributed by atoms with Crippen molar-refractivity contribution in [1.29, 1.82) is 0 Å². The molecular weight excluding hydrogens is 394 g/mol. The monoisotopic (exact) mass is 409 g/mol. The van der Waals surface area contributed by atoms with Gasteiger partial charge in [0.25, 0.3) is 5.56 Å². The first-order chi connectivity index (χ1) is 13.6. The third-order valence-corrected chi connectivity index (χ3v) is 5.54. The van der Waals surface area contributed by atoms with Gasteiger partial charge in [-0.05, 0) is 35.2 Å². The lowest BCUT2D eigenvalue weighted by molar-refractivity contribution is -0.122. The minimum absolute atomic E-state index is 0.122. The number of nitrogens with zero attached hydrogens (tertiary/aromatic N) is 2. The Morgan fingerprint density at radius 3 is 2.71 bits per heavy atom. The van der Waals surface area contributed by atoms with Crippen LogP contribution in [-0.2, 0) is 11.3 Å². The molecule has 7 heteroatoms. The molecule has 140 valence electrons. The molecular formula is C21H16ClN3O2S. The van der Waals surface area contributed by atoms with Crippen LogP contribution in [0.25, 0.3) is 10.9 Å². The second kappa shape index (κ2) is 7.96. The highest BCUT2D eigenvalue weighted by Crippen LogP contribution is 2.25. The van der Waals surface area contributed by atoms with Crippen molar-refractivity contribution >= 4 is 39.7 Å². The largest absolute Gasteiger partial charge is 0.343 e. The molecule has 2 aromatic carbocycles. The highest BCUT2D eigenvalue weighted by Gasteiger charge is 2.18. The van der Waals surface area contributed by atoms with E-state index < -0.39 is 0 Å². The first kappa shape index (κ1) is 18.4. The van der Waals surface area contributed by atoms with Crippen molar-refractivity contribution in [3.05, 3.63) is 98.2 Å². The van der Waals surface area contributed by atoms with Crippen molar-refractivity contribution in [3.63, 3.8) is 0 Å². The van der Waals surface area contributed by atoms with Gasteiger partial charge < -0.3 is 5.32 Å². The molecule has 0 spiro atoms. The van der Waals surface area contributed by atoms with Crippen molar-refractivity contribution in [1.82, 2.24) is 14.9 Å². The average molecular weight is 410 g/mol. The van der Waals surface area contributed by atoms with Gasteiger partial charge in [-0.25, -0.2) is 4.98 Å². The number of amides is 1. The Labute approximate surface area is 170 Å². The van der Waals surface area contributed by atoms with Crippen LogP contribution in [0.1, 0.15) is 16.5 Å². The summed E-state index contributed by atoms with van der Waals surface area (Å²) in [5.41, 5.74) is 1.23. The van der Waals surface area contributed by atoms with Gasteiger partial charge in [0, 0.05) is 9.90 Å². The van der Waals surface area contributed by atoms with Crippen LogP contribution >= 0.6 is 22.9 Å². The van der Waals surface area contributed by atoms with Crippen LogP contribution in [-0.4, -0.2) is 15.5 Å². The summed E-state index contributed by atoms with van der Waals surface area (Å²) in [5, 5.41) is 5.84. The maximum Gasteiger partial charge on any atom is 0.261 e. The predicted molar refractivity (Wildman–Crippen MR) is 112 cm³/mol. The number of hydrogen-bond donors (Lipinski definition) is 1. The summed E-state index contributed by atoms with van der Waals surface area (Å²) < 4.78 is 1.30. The number of rotatable bonds is 5. The molecule has 28 heavy (non-hydrogen) atoms. The molecule has 0 bridgehead atoms. The predicted octanol–water partition coefficient (Wildman–Crippen LogP) is 4.02. The van der Waals surface area contributed by atoms with Gasteiger partial charge in [0.1, 0.15) is 6.54 Å². The van der Waals surface area contributed by atoms with Gasteiger partial charge in [-0.1, -0.05) is 48.0 Å². The van der Waals surface area contributed by atoms with Gasteiger partial charge in [-0.15, -0.1) is 11.3 Å². The summed E-state index contributed by atoms with van der Waals surface area (Å²) in [5.74, 6) is -0.271. The molecule has 0 aliphatic carbocycles. The average Bonchev–Trinajstić information content (AvgIpc) is 3.24. The highest BCUT2D eigenvalue weighted by atomic mass is 35.5. The number of thiophene rings is 1. The summed E-state index contributed by atoms with van der Waals surface area (Å²) in [4.78, 5) is 30.7. The van der Waals surface area contributed by atoms with Crippen molar-refractivity contribution in [2.75, 3.05) is 0 Å². The van der Waals surface area contributed by atoms with Gasteiger partial charge in [0.05, 0.1) is 23.3 Å². The number of hydrogen-bond acceptors (Lipinski definition) is 4. The van der Waals surface area contributed by atoms with Gasteiger partial charge in [-0.2, -0.15) is 0 Å². The molecule has 4 rings (SSSR count). The van der Waals surface area contributed by atoms with Gasteiger partial charge in [0.15, 0.2) is 0 Å². The van der Waals surface area contributed by atoms with E-state index in [9.17, 15) is 9.59 Å². The maximum absolute atomic E-state index is 12.7. The third kappa shape index (κ3) is 3.83. The van der Waals surface area contributed by atoms with E-state index in [1.165, 1.54) is 10.9 Å². The zero-order valence-electron chi connectivity index (χ0n) is 14.7. The van der Waals surface area contributed by atoms with Crippen LogP contribution in [0.5, 0.6) is 0 Å². The summed E-state index contributed by atoms with van der Waals surface area (Å²) in [6.07, 6.45) is 1.39. The van der Waals surface area contributed by atoms with Crippen LogP contribution in [0.15, 0.2) is 77.2 Å². The van der Waals surface area contributed by atoms with E-state index in [2.05, 4.69) is 10.3 Å². The second-order valence-electron chi connectivity index (χ2n) is 6.27. The fraction of sp³-hybridized carbons (Fsp3) is 0.0952. The first-order valence-corrected chi connectivity index (χ1v) is 9.90. The number of aromatic nitrogens is 2. The Kier molecular flexibility index (Phi) is 5.23. The molecule has 0 fully saturated rings. The molecule has 0 aliphatic heterocycles. The smallest absolute Gasteiger partial charge is 0.261 e. The number of benzene rings is 2. The molecule has 0 aliphatic rings. The van der Waals surface area contributed by atoms with E-state index in [0.717, 1.165) is 10.4 Å². The lowest BCUT2D eigenvalue weighted by atomic mass is 10.1. The lowest BCUT2D eigenvalue weighted by Crippen LogP contribution is -2.35. The van der Waals surface area contributed by atoms with Crippen molar-refractivity contribution < 1.29 is 4.79 Å². The van der Waals surface area contributed by atoms with E-state index in [0.29, 0.717) is 15.9 Å². The minimum Gasteiger partial charge on any atom is -0.343 e. The summed E-state index contributed by atoms with van der Waals surface area (Å²) >= 11 is 7.56. The van der Waals surface area contributed by atoms with Gasteiger partial charge in [0.2, 0.25) is 5.91 Å². The fourth-order valence-corrected chi connectivity index (χ4v) is 4.00. The Morgan fingerprint density at radius 1 is 1.14 bits per heavy atom. The molecule has 0 saturated carbocycles. The Hall–Kier alpha value is -2.96. The second-order valence-corrected chi connectivity index (χ2v) is 7.68. The van der Waals surface area contributed by atoms with E-state index in [1.807, 2.05) is 47.8 Å². The maximum atomic E-state index is 12.7. The quantitative estimate of drug-likeness (QED) is 0.541. The van der Waals surface area contributed by atoms with Crippen molar-refractivity contribution in [2.24, 2.45) is 0 Å². The molecule has 1 N–H and O–H groups in total. The van der Waals surface area contributed by atoms with Crippen LogP contribution in [0.3, 0.4) is 0 Å². The first-order valence-electron chi connectivity index (χ1n) is 8.64. The normalized spacial score (nSPS) is 12.0. The molecule has 4 aromatic rings. The molecule has 1 atom stereocenters. The molecule has 0 unspecified atom stereocenters. The number of carbonyl (C=O) groups is 1. The summed E-state index contributed by atoms with van der Waals surface area (Å²) in [7, 11) is 0. The standard InChI is InChI=1S/C21H16ClN3O2S/c22-15-8-9-17-16(11-15)21(27)25(13-23-17)12-19(26)24-20(18-7-4-10-28-18)14-5-2-1-3-6-14/h1-11,13,20H,12H2,(H,24,26)/t20-/m0/s1. The van der Waals surface area contributed by atoms with Gasteiger partial charge >= 0.3 is 0 Å². The highest BCUT2D eigenvalue weighted by molar-refractivity contribution is 7.10. The van der Waals surface area contributed by atoms with Crippen LogP contribution in [0.2, 0.25) is 5.02 Å². The van der Waals surface area contributed by atoms with Crippen LogP contribution in [0, 0.1) is 0 Å². The number of halogens is 1. The zero-order chi connectivity index (χ0) is 19.5. The SMILES string of the molecule is O=C(Cn1cnc2ccc(Cl)cc2c1=O)N[C@@H](c1ccccc1)c1cccs1. The van der Waals surface area contributed by atoms with Crippen molar-refractivity contribution in [2.45, 2.75) is 12.6 Å². The number of carbonyl (C=O) groups excluding carboxylic acids is 1. The summed E-state index contributed by atoms with van der Waals surface area (Å²) in [6, 6.07) is 18.3. The third-order valence-electron chi connectivity index (χ3n) is 4.37. The zero-order valence-corrected chi connectivity index (χ0v) is 16.3. The molecule has 2 heterocycles. The molecule has 0 radical (unpaired) electrons. The molecule has 1 amide bonds. The Bertz CT molecular complexity index is 1170. The van der Waals surface area contributed by atoms with E-state index in [1.54, 1.807) is 29.5 Å². The topological polar surface area (TPSA) is 64.0 Å². The fourth-order valence-electron chi connectivity index (χ4n) is 3.02. The van der Waals surface area contributed by atoms with E-state index in [-0.39, 0.29) is 24.1 Å². The van der Waals surface area contributed by atoms with Crippen LogP contribution < -0.4 is 10.9 Å². The number of nitrogens with one attached hydrogen (secondary N) is 1. The van der Waals surface area contributed by atoms with E-state index in [4.69, 9.17) is 11.6 Å². The van der Waals surface area contributed by atoms with Gasteiger partial charge in [-0.3, -0.25) is 14.2 Å². The lowest BCUT2D eigenvalue weighted by Gasteiger charge is -2.18. The van der Waals surface area contributed by atoms with Crippen LogP contribution in [0.4, 0.5) is 0 Å². The Balaban J connectivity index is 1.60.